The van der Waals surface area contributed by atoms with Gasteiger partial charge in [0.15, 0.2) is 0 Å². The maximum atomic E-state index is 9.11. The summed E-state index contributed by atoms with van der Waals surface area (Å²) in [5, 5.41) is 14.0. The molecule has 0 heterocycles. The van der Waals surface area contributed by atoms with E-state index >= 15 is 0 Å². The van der Waals surface area contributed by atoms with E-state index in [1.807, 2.05) is 17.8 Å². The lowest BCUT2D eigenvalue weighted by molar-refractivity contribution is 0.767. The van der Waals surface area contributed by atoms with Crippen molar-refractivity contribution in [3.8, 4) is 6.07 Å². The van der Waals surface area contributed by atoms with E-state index in [4.69, 9.17) is 16.9 Å². The lowest BCUT2D eigenvalue weighted by Gasteiger charge is -2.22. The van der Waals surface area contributed by atoms with Gasteiger partial charge < -0.3 is 5.32 Å². The number of nitrogens with zero attached hydrogens (tertiary/aromatic N) is 1. The van der Waals surface area contributed by atoms with Gasteiger partial charge in [0.05, 0.1) is 11.3 Å². The molecule has 0 spiro atoms. The maximum absolute atomic E-state index is 9.11. The van der Waals surface area contributed by atoms with E-state index in [9.17, 15) is 0 Å². The Morgan fingerprint density at radius 2 is 2.33 bits per heavy atom. The molecule has 2 nitrogen and oxygen atoms in total. The average Bonchev–Trinajstić information content (AvgIpc) is 2.78. The molecule has 0 radical (unpaired) electrons. The first kappa shape index (κ1) is 13.6. The molecule has 0 aliphatic heterocycles. The summed E-state index contributed by atoms with van der Waals surface area (Å²) in [6.45, 7) is 2.19. The molecular formula is C14H17ClN2S. The van der Waals surface area contributed by atoms with E-state index in [1.165, 1.54) is 19.3 Å². The second-order valence-electron chi connectivity index (χ2n) is 4.48. The number of halogens is 1. The molecule has 0 aromatic heterocycles. The largest absolute Gasteiger partial charge is 0.380 e. The van der Waals surface area contributed by atoms with Crippen LogP contribution in [0.15, 0.2) is 18.2 Å². The molecule has 1 N–H and O–H groups in total. The molecule has 1 aliphatic rings. The molecule has 0 bridgehead atoms. The Morgan fingerprint density at radius 1 is 1.50 bits per heavy atom. The second kappa shape index (κ2) is 6.36. The number of nitriles is 1. The standard InChI is InChI=1S/C14H17ClN2S/c1-2-18-14-5-3-4-12(14)17-13-8-11(15)7-6-10(13)9-16/h6-8,12,14,17H,2-5H2,1H3. The minimum Gasteiger partial charge on any atom is -0.380 e. The molecular weight excluding hydrogens is 264 g/mol. The van der Waals surface area contributed by atoms with Crippen LogP contribution < -0.4 is 5.32 Å². The van der Waals surface area contributed by atoms with E-state index in [0.717, 1.165) is 11.4 Å². The van der Waals surface area contributed by atoms with Gasteiger partial charge in [0.1, 0.15) is 6.07 Å². The summed E-state index contributed by atoms with van der Waals surface area (Å²) in [7, 11) is 0. The Kier molecular flexibility index (Phi) is 4.79. The lowest BCUT2D eigenvalue weighted by atomic mass is 10.1. The fourth-order valence-electron chi connectivity index (χ4n) is 2.44. The van der Waals surface area contributed by atoms with Crippen molar-refractivity contribution < 1.29 is 0 Å². The van der Waals surface area contributed by atoms with Crippen LogP contribution in [0.5, 0.6) is 0 Å². The summed E-state index contributed by atoms with van der Waals surface area (Å²) in [5.41, 5.74) is 1.55. The van der Waals surface area contributed by atoms with E-state index in [2.05, 4.69) is 18.3 Å². The molecule has 2 rings (SSSR count). The highest BCUT2D eigenvalue weighted by molar-refractivity contribution is 7.99. The molecule has 4 heteroatoms. The van der Waals surface area contributed by atoms with Gasteiger partial charge >= 0.3 is 0 Å². The predicted molar refractivity (Wildman–Crippen MR) is 79.3 cm³/mol. The fraction of sp³-hybridized carbons (Fsp3) is 0.500. The fourth-order valence-corrected chi connectivity index (χ4v) is 3.81. The summed E-state index contributed by atoms with van der Waals surface area (Å²) in [5.74, 6) is 1.14. The van der Waals surface area contributed by atoms with Gasteiger partial charge in [0, 0.05) is 16.3 Å². The van der Waals surface area contributed by atoms with Crippen molar-refractivity contribution in [1.29, 1.82) is 5.26 Å². The molecule has 2 unspecified atom stereocenters. The molecule has 1 saturated carbocycles. The van der Waals surface area contributed by atoms with E-state index in [-0.39, 0.29) is 0 Å². The van der Waals surface area contributed by atoms with E-state index in [1.54, 1.807) is 12.1 Å². The third-order valence-electron chi connectivity index (χ3n) is 3.28. The second-order valence-corrected chi connectivity index (χ2v) is 6.43. The van der Waals surface area contributed by atoms with Crippen LogP contribution in [0.3, 0.4) is 0 Å². The topological polar surface area (TPSA) is 35.8 Å². The third-order valence-corrected chi connectivity index (χ3v) is 4.84. The van der Waals surface area contributed by atoms with Crippen molar-refractivity contribution in [1.82, 2.24) is 0 Å². The van der Waals surface area contributed by atoms with Crippen molar-refractivity contribution in [2.75, 3.05) is 11.1 Å². The smallest absolute Gasteiger partial charge is 0.101 e. The van der Waals surface area contributed by atoms with Gasteiger partial charge in [0.2, 0.25) is 0 Å². The van der Waals surface area contributed by atoms with Gasteiger partial charge in [-0.25, -0.2) is 0 Å². The van der Waals surface area contributed by atoms with Crippen molar-refractivity contribution in [2.24, 2.45) is 0 Å². The Hall–Kier alpha value is -0.850. The van der Waals surface area contributed by atoms with Gasteiger partial charge in [-0.15, -0.1) is 0 Å². The lowest BCUT2D eigenvalue weighted by Crippen LogP contribution is -2.26. The van der Waals surface area contributed by atoms with Crippen LogP contribution in [-0.4, -0.2) is 17.0 Å². The number of hydrogen-bond donors (Lipinski definition) is 1. The number of thioether (sulfide) groups is 1. The highest BCUT2D eigenvalue weighted by Gasteiger charge is 2.27. The first-order chi connectivity index (χ1) is 8.74. The first-order valence-electron chi connectivity index (χ1n) is 6.32. The van der Waals surface area contributed by atoms with Gasteiger partial charge in [-0.1, -0.05) is 24.9 Å². The van der Waals surface area contributed by atoms with Crippen LogP contribution in [0.2, 0.25) is 5.02 Å². The van der Waals surface area contributed by atoms with Crippen LogP contribution in [0.1, 0.15) is 31.7 Å². The summed E-state index contributed by atoms with van der Waals surface area (Å²) in [6.07, 6.45) is 3.70. The molecule has 0 amide bonds. The minimum atomic E-state index is 0.459. The summed E-state index contributed by atoms with van der Waals surface area (Å²) >= 11 is 8.01. The van der Waals surface area contributed by atoms with Gasteiger partial charge in [0.25, 0.3) is 0 Å². The summed E-state index contributed by atoms with van der Waals surface area (Å²) in [6, 6.07) is 8.07. The number of rotatable bonds is 4. The predicted octanol–water partition coefficient (Wildman–Crippen LogP) is 4.30. The molecule has 1 aromatic rings. The zero-order valence-electron chi connectivity index (χ0n) is 10.4. The number of hydrogen-bond acceptors (Lipinski definition) is 3. The summed E-state index contributed by atoms with van der Waals surface area (Å²) < 4.78 is 0. The molecule has 1 fully saturated rings. The molecule has 1 aliphatic carbocycles. The van der Waals surface area contributed by atoms with E-state index in [0.29, 0.717) is 21.9 Å². The molecule has 18 heavy (non-hydrogen) atoms. The average molecular weight is 281 g/mol. The van der Waals surface area contributed by atoms with Gasteiger partial charge in [-0.3, -0.25) is 0 Å². The SMILES string of the molecule is CCSC1CCCC1Nc1cc(Cl)ccc1C#N. The first-order valence-corrected chi connectivity index (χ1v) is 7.75. The van der Waals surface area contributed by atoms with Crippen molar-refractivity contribution in [3.05, 3.63) is 28.8 Å². The number of anilines is 1. The van der Waals surface area contributed by atoms with Crippen LogP contribution in [0, 0.1) is 11.3 Å². The molecule has 1 aromatic carbocycles. The van der Waals surface area contributed by atoms with Crippen LogP contribution >= 0.6 is 23.4 Å². The monoisotopic (exact) mass is 280 g/mol. The van der Waals surface area contributed by atoms with Gasteiger partial charge in [-0.05, 0) is 36.8 Å². The number of benzene rings is 1. The van der Waals surface area contributed by atoms with E-state index < -0.39 is 0 Å². The highest BCUT2D eigenvalue weighted by atomic mass is 35.5. The van der Waals surface area contributed by atoms with Crippen LogP contribution in [-0.2, 0) is 0 Å². The zero-order valence-corrected chi connectivity index (χ0v) is 12.0. The number of nitrogens with one attached hydrogen (secondary N) is 1. The highest BCUT2D eigenvalue weighted by Crippen LogP contribution is 2.33. The quantitative estimate of drug-likeness (QED) is 0.893. The molecule has 96 valence electrons. The Labute approximate surface area is 118 Å². The molecule has 0 saturated heterocycles. The van der Waals surface area contributed by atoms with Crippen LogP contribution in [0.25, 0.3) is 0 Å². The Bertz CT molecular complexity index is 456. The van der Waals surface area contributed by atoms with Crippen molar-refractivity contribution >= 4 is 29.1 Å². The maximum Gasteiger partial charge on any atom is 0.101 e. The Morgan fingerprint density at radius 3 is 3.06 bits per heavy atom. The van der Waals surface area contributed by atoms with Crippen molar-refractivity contribution in [2.45, 2.75) is 37.5 Å². The third kappa shape index (κ3) is 3.13. The Balaban J connectivity index is 2.13. The summed E-state index contributed by atoms with van der Waals surface area (Å²) in [4.78, 5) is 0. The normalized spacial score (nSPS) is 22.7. The van der Waals surface area contributed by atoms with Crippen molar-refractivity contribution in [3.63, 3.8) is 0 Å². The van der Waals surface area contributed by atoms with Crippen LogP contribution in [0.4, 0.5) is 5.69 Å². The molecule has 2 atom stereocenters. The minimum absolute atomic E-state index is 0.459. The zero-order chi connectivity index (χ0) is 13.0. The van der Waals surface area contributed by atoms with Gasteiger partial charge in [-0.2, -0.15) is 17.0 Å².